The van der Waals surface area contributed by atoms with Crippen LogP contribution in [0.2, 0.25) is 0 Å². The van der Waals surface area contributed by atoms with Crippen molar-refractivity contribution in [1.29, 1.82) is 0 Å². The molecule has 3 aromatic carbocycles. The van der Waals surface area contributed by atoms with E-state index < -0.39 is 28.9 Å². The van der Waals surface area contributed by atoms with Crippen molar-refractivity contribution < 1.29 is 27.3 Å². The van der Waals surface area contributed by atoms with Crippen molar-refractivity contribution in [2.45, 2.75) is 11.3 Å². The lowest BCUT2D eigenvalue weighted by Crippen LogP contribution is -2.36. The zero-order valence-electron chi connectivity index (χ0n) is 18.1. The molecule has 1 saturated heterocycles. The van der Waals surface area contributed by atoms with Gasteiger partial charge in [-0.3, -0.25) is 4.79 Å². The molecule has 1 atom stereocenters. The first-order valence-electron chi connectivity index (χ1n) is 10.6. The molecule has 0 saturated carbocycles. The maximum Gasteiger partial charge on any atom is 0.328 e. The summed E-state index contributed by atoms with van der Waals surface area (Å²) in [6.07, 6.45) is 1.04. The van der Waals surface area contributed by atoms with Crippen LogP contribution in [0.5, 0.6) is 5.75 Å². The van der Waals surface area contributed by atoms with Gasteiger partial charge in [0.05, 0.1) is 12.5 Å². The van der Waals surface area contributed by atoms with Gasteiger partial charge in [-0.25, -0.2) is 8.78 Å². The average molecular weight is 483 g/mol. The highest BCUT2D eigenvalue weighted by atomic mass is 32.2. The Balaban J connectivity index is 1.41. The molecule has 0 bridgehead atoms. The first kappa shape index (κ1) is 22.2. The van der Waals surface area contributed by atoms with Crippen LogP contribution in [0, 0.1) is 11.6 Å². The minimum absolute atomic E-state index is 0.164. The van der Waals surface area contributed by atoms with E-state index in [2.05, 4.69) is 4.72 Å². The van der Waals surface area contributed by atoms with Gasteiger partial charge in [0.25, 0.3) is 0 Å². The molecule has 0 aliphatic carbocycles. The van der Waals surface area contributed by atoms with Crippen molar-refractivity contribution in [2.75, 3.05) is 25.1 Å². The Hall–Kier alpha value is -3.56. The lowest BCUT2D eigenvalue weighted by Gasteiger charge is -2.33. The van der Waals surface area contributed by atoms with Crippen LogP contribution in [-0.4, -0.2) is 30.7 Å². The van der Waals surface area contributed by atoms with Gasteiger partial charge in [-0.1, -0.05) is 18.2 Å². The summed E-state index contributed by atoms with van der Waals surface area (Å²) in [4.78, 5) is 15.0. The molecule has 9 heteroatoms. The van der Waals surface area contributed by atoms with Gasteiger partial charge in [-0.2, -0.15) is 4.72 Å². The topological polar surface area (TPSA) is 77.8 Å². The lowest BCUT2D eigenvalue weighted by molar-refractivity contribution is 0.0956. The SMILES string of the molecule is COc1ccc(-c2cccc(F)c2)cc1[S+]([O-])NC(=O)c1cc2c(F)cc(N3CCC3)cc2o1. The number of nitrogens with zero attached hydrogens (tertiary/aromatic N) is 1. The molecule has 1 unspecified atom stereocenters. The number of amides is 1. The molecular formula is C25H20F2N2O4S. The fraction of sp³-hybridized carbons (Fsp3) is 0.160. The first-order chi connectivity index (χ1) is 16.4. The van der Waals surface area contributed by atoms with Crippen LogP contribution in [-0.2, 0) is 11.4 Å². The fourth-order valence-corrected chi connectivity index (χ4v) is 4.76. The van der Waals surface area contributed by atoms with E-state index in [1.165, 1.54) is 31.4 Å². The van der Waals surface area contributed by atoms with E-state index in [9.17, 15) is 18.1 Å². The first-order valence-corrected chi connectivity index (χ1v) is 11.7. The molecular weight excluding hydrogens is 462 g/mol. The van der Waals surface area contributed by atoms with Crippen molar-refractivity contribution in [2.24, 2.45) is 0 Å². The summed E-state index contributed by atoms with van der Waals surface area (Å²) < 4.78 is 54.5. The Kier molecular flexibility index (Phi) is 5.89. The summed E-state index contributed by atoms with van der Waals surface area (Å²) in [5, 5.41) is 0.172. The summed E-state index contributed by atoms with van der Waals surface area (Å²) in [6.45, 7) is 1.68. The smallest absolute Gasteiger partial charge is 0.328 e. The van der Waals surface area contributed by atoms with Gasteiger partial charge in [0.15, 0.2) is 11.5 Å². The van der Waals surface area contributed by atoms with E-state index >= 15 is 0 Å². The minimum atomic E-state index is -2.03. The Labute approximate surface area is 197 Å². The number of furan rings is 1. The van der Waals surface area contributed by atoms with Gasteiger partial charge in [0, 0.05) is 37.0 Å². The Morgan fingerprint density at radius 1 is 1.09 bits per heavy atom. The summed E-state index contributed by atoms with van der Waals surface area (Å²) in [5.74, 6) is -1.54. The van der Waals surface area contributed by atoms with Crippen LogP contribution in [0.3, 0.4) is 0 Å². The summed E-state index contributed by atoms with van der Waals surface area (Å²) in [6, 6.07) is 15.2. The number of rotatable bonds is 6. The normalized spacial score (nSPS) is 14.1. The molecule has 1 aromatic heterocycles. The number of carbonyl (C=O) groups is 1. The van der Waals surface area contributed by atoms with E-state index in [1.807, 2.05) is 4.90 Å². The number of benzene rings is 3. The molecule has 4 aromatic rings. The molecule has 1 amide bonds. The monoisotopic (exact) mass is 482 g/mol. The molecule has 2 heterocycles. The Morgan fingerprint density at radius 2 is 1.88 bits per heavy atom. The number of methoxy groups -OCH3 is 1. The van der Waals surface area contributed by atoms with Crippen LogP contribution < -0.4 is 14.4 Å². The highest BCUT2D eigenvalue weighted by molar-refractivity contribution is 7.90. The van der Waals surface area contributed by atoms with Gasteiger partial charge in [0.2, 0.25) is 4.90 Å². The maximum absolute atomic E-state index is 14.6. The molecule has 5 rings (SSSR count). The predicted octanol–water partition coefficient (Wildman–Crippen LogP) is 5.05. The molecule has 1 aliphatic rings. The van der Waals surface area contributed by atoms with Gasteiger partial charge in [0.1, 0.15) is 28.6 Å². The van der Waals surface area contributed by atoms with Crippen LogP contribution in [0.15, 0.2) is 70.0 Å². The Bertz CT molecular complexity index is 1390. The van der Waals surface area contributed by atoms with Crippen molar-refractivity contribution in [1.82, 2.24) is 4.72 Å². The third kappa shape index (κ3) is 4.20. The maximum atomic E-state index is 14.6. The molecule has 1 aliphatic heterocycles. The van der Waals surface area contributed by atoms with Crippen LogP contribution in [0.1, 0.15) is 17.0 Å². The summed E-state index contributed by atoms with van der Waals surface area (Å²) >= 11 is -2.03. The van der Waals surface area contributed by atoms with Crippen LogP contribution in [0.4, 0.5) is 14.5 Å². The second-order valence-electron chi connectivity index (χ2n) is 7.87. The van der Waals surface area contributed by atoms with E-state index in [-0.39, 0.29) is 27.4 Å². The largest absolute Gasteiger partial charge is 0.588 e. The zero-order valence-corrected chi connectivity index (χ0v) is 19.0. The number of carbonyl (C=O) groups excluding carboxylic acids is 1. The quantitative estimate of drug-likeness (QED) is 0.389. The molecule has 34 heavy (non-hydrogen) atoms. The number of fused-ring (bicyclic) bond motifs is 1. The predicted molar refractivity (Wildman–Crippen MR) is 125 cm³/mol. The molecule has 1 N–H and O–H groups in total. The van der Waals surface area contributed by atoms with Gasteiger partial charge < -0.3 is 18.6 Å². The van der Waals surface area contributed by atoms with Crippen LogP contribution >= 0.6 is 0 Å². The standard InChI is InChI=1S/C25H20F2N2O4S/c1-32-21-7-6-16(15-4-2-5-17(26)10-15)11-24(21)34(31)28-25(30)23-14-19-20(27)12-18(13-22(19)33-23)29-8-3-9-29/h2,4-7,10-14H,3,8-9H2,1H3,(H,28,30). The number of nitrogens with one attached hydrogen (secondary N) is 1. The van der Waals surface area contributed by atoms with E-state index in [4.69, 9.17) is 9.15 Å². The van der Waals surface area contributed by atoms with E-state index in [0.29, 0.717) is 16.8 Å². The summed E-state index contributed by atoms with van der Waals surface area (Å²) in [7, 11) is 1.41. The highest BCUT2D eigenvalue weighted by Gasteiger charge is 2.26. The second kappa shape index (κ2) is 9.00. The second-order valence-corrected chi connectivity index (χ2v) is 9.05. The van der Waals surface area contributed by atoms with Gasteiger partial charge in [-0.05, 0) is 41.8 Å². The van der Waals surface area contributed by atoms with Gasteiger partial charge >= 0.3 is 5.91 Å². The zero-order chi connectivity index (χ0) is 23.8. The number of anilines is 1. The Morgan fingerprint density at radius 3 is 2.59 bits per heavy atom. The number of ether oxygens (including phenoxy) is 1. The molecule has 6 nitrogen and oxygen atoms in total. The van der Waals surface area contributed by atoms with Crippen molar-refractivity contribution in [3.8, 4) is 16.9 Å². The van der Waals surface area contributed by atoms with Crippen molar-refractivity contribution in [3.05, 3.63) is 78.1 Å². The van der Waals surface area contributed by atoms with E-state index in [0.717, 1.165) is 19.5 Å². The molecule has 1 fully saturated rings. The average Bonchev–Trinajstić information content (AvgIpc) is 3.22. The van der Waals surface area contributed by atoms with E-state index in [1.54, 1.807) is 36.4 Å². The third-order valence-corrected chi connectivity index (χ3v) is 6.81. The fourth-order valence-electron chi connectivity index (χ4n) is 3.81. The van der Waals surface area contributed by atoms with Crippen LogP contribution in [0.25, 0.3) is 22.1 Å². The lowest BCUT2D eigenvalue weighted by atomic mass is 10.1. The molecule has 0 radical (unpaired) electrons. The molecule has 174 valence electrons. The third-order valence-electron chi connectivity index (χ3n) is 5.72. The van der Waals surface area contributed by atoms with Gasteiger partial charge in [-0.15, -0.1) is 0 Å². The number of halogens is 2. The molecule has 0 spiro atoms. The highest BCUT2D eigenvalue weighted by Crippen LogP contribution is 2.32. The van der Waals surface area contributed by atoms with Crippen molar-refractivity contribution >= 4 is 33.9 Å². The number of hydrogen-bond acceptors (Lipinski definition) is 5. The minimum Gasteiger partial charge on any atom is -0.588 e. The summed E-state index contributed by atoms with van der Waals surface area (Å²) in [5.41, 5.74) is 2.11. The van der Waals surface area contributed by atoms with Crippen molar-refractivity contribution in [3.63, 3.8) is 0 Å². The number of hydrogen-bond donors (Lipinski definition) is 1.